The number of amides is 1. The minimum atomic E-state index is -0.331. The molecule has 0 saturated carbocycles. The third-order valence-electron chi connectivity index (χ3n) is 2.60. The van der Waals surface area contributed by atoms with Crippen LogP contribution in [0, 0.1) is 18.8 Å². The summed E-state index contributed by atoms with van der Waals surface area (Å²) in [5.74, 6) is 5.59. The summed E-state index contributed by atoms with van der Waals surface area (Å²) in [6.45, 7) is 2.14. The minimum Gasteiger partial charge on any atom is -0.320 e. The Bertz CT molecular complexity index is 764. The Morgan fingerprint density at radius 1 is 1.38 bits per heavy atom. The summed E-state index contributed by atoms with van der Waals surface area (Å²) >= 11 is 0. The number of carbonyl (C=O) groups excluding carboxylic acids is 1. The lowest BCUT2D eigenvalue weighted by Gasteiger charge is -2.05. The number of hydrogen-bond acceptors (Lipinski definition) is 4. The van der Waals surface area contributed by atoms with E-state index in [0.29, 0.717) is 5.56 Å². The molecule has 6 nitrogen and oxygen atoms in total. The van der Waals surface area contributed by atoms with Crippen molar-refractivity contribution in [3.63, 3.8) is 0 Å². The van der Waals surface area contributed by atoms with Gasteiger partial charge in [0.1, 0.15) is 0 Å². The molecule has 0 atom stereocenters. The van der Waals surface area contributed by atoms with Gasteiger partial charge in [-0.05, 0) is 36.8 Å². The number of nitrogens with two attached hydrogens (primary N) is 1. The highest BCUT2D eigenvalue weighted by Crippen LogP contribution is 2.11. The fourth-order valence-electron chi connectivity index (χ4n) is 1.74. The maximum Gasteiger partial charge on any atom is 0.264 e. The molecule has 1 aromatic carbocycles. The first kappa shape index (κ1) is 14.5. The predicted octanol–water partition coefficient (Wildman–Crippen LogP) is 0.641. The van der Waals surface area contributed by atoms with Crippen molar-refractivity contribution in [1.82, 2.24) is 10.2 Å². The number of H-pyrrole nitrogens is 1. The lowest BCUT2D eigenvalue weighted by Crippen LogP contribution is -2.16. The van der Waals surface area contributed by atoms with Crippen molar-refractivity contribution in [2.75, 3.05) is 11.9 Å². The van der Waals surface area contributed by atoms with Gasteiger partial charge in [0.15, 0.2) is 5.82 Å². The highest BCUT2D eigenvalue weighted by Gasteiger charge is 2.08. The molecule has 0 fully saturated rings. The number of carbonyl (C=O) groups is 1. The highest BCUT2D eigenvalue weighted by molar-refractivity contribution is 6.04. The highest BCUT2D eigenvalue weighted by atomic mass is 16.2. The van der Waals surface area contributed by atoms with Gasteiger partial charge in [-0.15, -0.1) is 0 Å². The molecule has 106 valence electrons. The topological polar surface area (TPSA) is 101 Å². The Labute approximate surface area is 121 Å². The van der Waals surface area contributed by atoms with E-state index >= 15 is 0 Å². The number of aromatic nitrogens is 2. The maximum atomic E-state index is 12.2. The SMILES string of the molecule is Cc1cc(C#CCN)cc(C(=O)Nc2ccc(=O)[nH]n2)c1. The zero-order valence-corrected chi connectivity index (χ0v) is 11.4. The fraction of sp³-hybridized carbons (Fsp3) is 0.133. The van der Waals surface area contributed by atoms with Gasteiger partial charge >= 0.3 is 0 Å². The molecule has 4 N–H and O–H groups in total. The molecule has 0 radical (unpaired) electrons. The monoisotopic (exact) mass is 282 g/mol. The van der Waals surface area contributed by atoms with Gasteiger partial charge in [-0.3, -0.25) is 9.59 Å². The molecule has 1 amide bonds. The predicted molar refractivity (Wildman–Crippen MR) is 79.9 cm³/mol. The third-order valence-corrected chi connectivity index (χ3v) is 2.60. The number of anilines is 1. The van der Waals surface area contributed by atoms with Crippen LogP contribution in [0.15, 0.2) is 35.1 Å². The van der Waals surface area contributed by atoms with Gasteiger partial charge in [0.25, 0.3) is 11.5 Å². The van der Waals surface area contributed by atoms with E-state index in [4.69, 9.17) is 5.73 Å². The van der Waals surface area contributed by atoms with Crippen molar-refractivity contribution in [2.45, 2.75) is 6.92 Å². The van der Waals surface area contributed by atoms with Crippen LogP contribution < -0.4 is 16.6 Å². The van der Waals surface area contributed by atoms with Crippen molar-refractivity contribution in [2.24, 2.45) is 5.73 Å². The molecule has 0 bridgehead atoms. The molecule has 6 heteroatoms. The van der Waals surface area contributed by atoms with E-state index in [0.717, 1.165) is 11.1 Å². The quantitative estimate of drug-likeness (QED) is 0.704. The van der Waals surface area contributed by atoms with E-state index in [1.807, 2.05) is 13.0 Å². The van der Waals surface area contributed by atoms with E-state index in [-0.39, 0.29) is 23.8 Å². The molecular formula is C15H14N4O2. The second kappa shape index (κ2) is 6.50. The van der Waals surface area contributed by atoms with Crippen molar-refractivity contribution >= 4 is 11.7 Å². The standard InChI is InChI=1S/C15H14N4O2/c1-10-7-11(3-2-6-16)9-12(8-10)15(21)17-13-4-5-14(20)19-18-13/h4-5,7-9H,6,16H2,1H3,(H,19,20)(H,17,18,21). The normalized spacial score (nSPS) is 9.62. The van der Waals surface area contributed by atoms with Crippen LogP contribution in [0.25, 0.3) is 0 Å². The molecule has 2 rings (SSSR count). The Kier molecular flexibility index (Phi) is 4.49. The average molecular weight is 282 g/mol. The maximum absolute atomic E-state index is 12.2. The summed E-state index contributed by atoms with van der Waals surface area (Å²) in [4.78, 5) is 23.1. The minimum absolute atomic E-state index is 0.261. The third kappa shape index (κ3) is 4.03. The molecule has 2 aromatic rings. The smallest absolute Gasteiger partial charge is 0.264 e. The summed E-state index contributed by atoms with van der Waals surface area (Å²) in [7, 11) is 0. The first-order valence-electron chi connectivity index (χ1n) is 6.26. The lowest BCUT2D eigenvalue weighted by molar-refractivity contribution is 0.102. The summed E-state index contributed by atoms with van der Waals surface area (Å²) in [5, 5.41) is 8.58. The second-order valence-corrected chi connectivity index (χ2v) is 4.35. The summed E-state index contributed by atoms with van der Waals surface area (Å²) < 4.78 is 0. The molecule has 0 aliphatic carbocycles. The number of hydrogen-bond donors (Lipinski definition) is 3. The van der Waals surface area contributed by atoms with Crippen LogP contribution in [0.2, 0.25) is 0 Å². The van der Waals surface area contributed by atoms with E-state index in [1.54, 1.807) is 12.1 Å². The molecule has 1 heterocycles. The molecule has 0 aliphatic heterocycles. The summed E-state index contributed by atoms with van der Waals surface area (Å²) in [5.41, 5.74) is 7.11. The Morgan fingerprint density at radius 2 is 2.19 bits per heavy atom. The Balaban J connectivity index is 2.24. The van der Waals surface area contributed by atoms with Gasteiger partial charge in [0.2, 0.25) is 0 Å². The van der Waals surface area contributed by atoms with E-state index in [1.165, 1.54) is 12.1 Å². The van der Waals surface area contributed by atoms with Gasteiger partial charge < -0.3 is 11.1 Å². The van der Waals surface area contributed by atoms with Crippen LogP contribution in [0.1, 0.15) is 21.5 Å². The van der Waals surface area contributed by atoms with Gasteiger partial charge in [-0.1, -0.05) is 11.8 Å². The van der Waals surface area contributed by atoms with E-state index in [9.17, 15) is 9.59 Å². The van der Waals surface area contributed by atoms with Crippen LogP contribution in [0.3, 0.4) is 0 Å². The van der Waals surface area contributed by atoms with Crippen molar-refractivity contribution in [1.29, 1.82) is 0 Å². The molecule has 21 heavy (non-hydrogen) atoms. The Morgan fingerprint density at radius 3 is 2.86 bits per heavy atom. The zero-order valence-electron chi connectivity index (χ0n) is 11.4. The number of nitrogens with zero attached hydrogens (tertiary/aromatic N) is 1. The van der Waals surface area contributed by atoms with Crippen LogP contribution in [0.4, 0.5) is 5.82 Å². The number of nitrogens with one attached hydrogen (secondary N) is 2. The molecular weight excluding hydrogens is 268 g/mol. The van der Waals surface area contributed by atoms with Crippen LogP contribution in [-0.2, 0) is 0 Å². The molecule has 0 unspecified atom stereocenters. The Hall–Kier alpha value is -2.91. The van der Waals surface area contributed by atoms with Crippen molar-refractivity contribution in [3.05, 3.63) is 57.4 Å². The lowest BCUT2D eigenvalue weighted by atomic mass is 10.1. The van der Waals surface area contributed by atoms with E-state index < -0.39 is 0 Å². The number of aromatic amines is 1. The first-order valence-corrected chi connectivity index (χ1v) is 6.26. The van der Waals surface area contributed by atoms with Crippen LogP contribution in [-0.4, -0.2) is 22.6 Å². The number of benzene rings is 1. The number of rotatable bonds is 2. The van der Waals surface area contributed by atoms with Gasteiger partial charge in [-0.25, -0.2) is 5.10 Å². The molecule has 0 saturated heterocycles. The molecule has 1 aromatic heterocycles. The zero-order chi connectivity index (χ0) is 15.2. The van der Waals surface area contributed by atoms with Gasteiger partial charge in [-0.2, -0.15) is 5.10 Å². The summed E-state index contributed by atoms with van der Waals surface area (Å²) in [6.07, 6.45) is 0. The average Bonchev–Trinajstić information content (AvgIpc) is 2.47. The number of aryl methyl sites for hydroxylation is 1. The first-order chi connectivity index (χ1) is 10.1. The van der Waals surface area contributed by atoms with E-state index in [2.05, 4.69) is 27.4 Å². The van der Waals surface area contributed by atoms with Crippen molar-refractivity contribution in [3.8, 4) is 11.8 Å². The summed E-state index contributed by atoms with van der Waals surface area (Å²) in [6, 6.07) is 8.02. The van der Waals surface area contributed by atoms with Gasteiger partial charge in [0, 0.05) is 17.2 Å². The largest absolute Gasteiger partial charge is 0.320 e. The van der Waals surface area contributed by atoms with Crippen LogP contribution in [0.5, 0.6) is 0 Å². The fourth-order valence-corrected chi connectivity index (χ4v) is 1.74. The van der Waals surface area contributed by atoms with Crippen LogP contribution >= 0.6 is 0 Å². The molecule has 0 aliphatic rings. The van der Waals surface area contributed by atoms with Crippen molar-refractivity contribution < 1.29 is 4.79 Å². The molecule has 0 spiro atoms. The van der Waals surface area contributed by atoms with Gasteiger partial charge in [0.05, 0.1) is 6.54 Å². The second-order valence-electron chi connectivity index (χ2n) is 4.35.